The summed E-state index contributed by atoms with van der Waals surface area (Å²) < 4.78 is 82.9. The van der Waals surface area contributed by atoms with E-state index in [2.05, 4.69) is 15.6 Å². The Morgan fingerprint density at radius 1 is 1.00 bits per heavy atom. The monoisotopic (exact) mass is 572 g/mol. The number of ether oxygens (including phenoxy) is 1. The van der Waals surface area contributed by atoms with Crippen molar-refractivity contribution >= 4 is 29.1 Å². The van der Waals surface area contributed by atoms with Gasteiger partial charge in [0.15, 0.2) is 0 Å². The fourth-order valence-corrected chi connectivity index (χ4v) is 4.27. The van der Waals surface area contributed by atoms with E-state index in [0.29, 0.717) is 22.6 Å². The number of hydrogen-bond acceptors (Lipinski definition) is 5. The lowest BCUT2D eigenvalue weighted by Crippen LogP contribution is -2.48. The van der Waals surface area contributed by atoms with Crippen molar-refractivity contribution in [2.75, 3.05) is 12.4 Å². The highest BCUT2D eigenvalue weighted by molar-refractivity contribution is 6.20. The predicted octanol–water partition coefficient (Wildman–Crippen LogP) is 4.33. The van der Waals surface area contributed by atoms with Crippen LogP contribution >= 0.6 is 0 Å². The first-order chi connectivity index (χ1) is 18.7. The fraction of sp³-hybridized carbons (Fsp3) is 0.385. The number of hydrogen-bond donors (Lipinski definition) is 3. The van der Waals surface area contributed by atoms with Crippen molar-refractivity contribution in [1.82, 2.24) is 5.32 Å². The maximum Gasteiger partial charge on any atom is 0.389 e. The van der Waals surface area contributed by atoms with Crippen LogP contribution in [0.2, 0.25) is 0 Å². The van der Waals surface area contributed by atoms with E-state index in [9.17, 15) is 40.7 Å². The number of halogens is 6. The van der Waals surface area contributed by atoms with E-state index in [4.69, 9.17) is 10.5 Å². The van der Waals surface area contributed by atoms with Crippen molar-refractivity contribution in [2.24, 2.45) is 22.6 Å². The minimum atomic E-state index is -4.77. The Morgan fingerprint density at radius 2 is 1.60 bits per heavy atom. The number of aliphatic imine (C=N–C) groups is 1. The van der Waals surface area contributed by atoms with E-state index in [1.807, 2.05) is 0 Å². The number of carbonyl (C=O) groups excluding carboxylic acids is 3. The number of fused-ring (bicyclic) bond motifs is 1. The molecule has 2 aromatic rings. The van der Waals surface area contributed by atoms with Crippen LogP contribution in [0.5, 0.6) is 5.75 Å². The number of carbonyl (C=O) groups is 3. The average Bonchev–Trinajstić information content (AvgIpc) is 3.00. The molecule has 0 aliphatic carbocycles. The Hall–Kier alpha value is -4.10. The number of methoxy groups -OCH3 is 1. The van der Waals surface area contributed by atoms with Gasteiger partial charge in [-0.2, -0.15) is 26.3 Å². The Morgan fingerprint density at radius 3 is 2.15 bits per heavy atom. The molecule has 8 nitrogen and oxygen atoms in total. The highest BCUT2D eigenvalue weighted by Gasteiger charge is 2.40. The van der Waals surface area contributed by atoms with E-state index < -0.39 is 73.8 Å². The molecular formula is C26H26F6N4O4. The first-order valence-corrected chi connectivity index (χ1v) is 12.0. The largest absolute Gasteiger partial charge is 0.497 e. The summed E-state index contributed by atoms with van der Waals surface area (Å²) in [5.74, 6) is -6.88. The highest BCUT2D eigenvalue weighted by atomic mass is 19.4. The standard InChI is InChI=1S/C26H26F6N4O4/c1-40-15-7-8-19-18(13-15)20(14-5-3-2-4-6-14)35-22(24(39)34-19)36-23(38)17(10-12-26(30,31)32)16(21(33)37)9-11-25(27,28)29/h2-8,13,16-17,22H,9-12H2,1H3,(H2,33,37)(H,34,39)(H,36,38)/t16-,17+,22?/m0/s1. The van der Waals surface area contributed by atoms with Crippen LogP contribution in [0.1, 0.15) is 36.8 Å². The van der Waals surface area contributed by atoms with Crippen LogP contribution < -0.4 is 21.1 Å². The molecule has 1 heterocycles. The van der Waals surface area contributed by atoms with Crippen LogP contribution in [-0.2, 0) is 14.4 Å². The van der Waals surface area contributed by atoms with Crippen molar-refractivity contribution in [3.63, 3.8) is 0 Å². The summed E-state index contributed by atoms with van der Waals surface area (Å²) in [6, 6.07) is 13.1. The molecule has 1 aliphatic rings. The topological polar surface area (TPSA) is 123 Å². The summed E-state index contributed by atoms with van der Waals surface area (Å²) in [7, 11) is 1.42. The molecule has 0 radical (unpaired) electrons. The van der Waals surface area contributed by atoms with Crippen molar-refractivity contribution < 1.29 is 45.5 Å². The van der Waals surface area contributed by atoms with Crippen LogP contribution in [0.15, 0.2) is 53.5 Å². The summed E-state index contributed by atoms with van der Waals surface area (Å²) >= 11 is 0. The number of amides is 3. The normalized spacial score (nSPS) is 17.0. The van der Waals surface area contributed by atoms with E-state index in [-0.39, 0.29) is 5.71 Å². The van der Waals surface area contributed by atoms with Gasteiger partial charge in [0, 0.05) is 35.8 Å². The number of benzene rings is 2. The third-order valence-electron chi connectivity index (χ3n) is 6.24. The zero-order chi connectivity index (χ0) is 29.7. The van der Waals surface area contributed by atoms with Gasteiger partial charge in [-0.25, -0.2) is 4.99 Å². The zero-order valence-corrected chi connectivity index (χ0v) is 21.1. The van der Waals surface area contributed by atoms with Gasteiger partial charge in [0.1, 0.15) is 5.75 Å². The zero-order valence-electron chi connectivity index (χ0n) is 21.1. The molecule has 14 heteroatoms. The minimum Gasteiger partial charge on any atom is -0.497 e. The average molecular weight is 573 g/mol. The number of anilines is 1. The highest BCUT2D eigenvalue weighted by Crippen LogP contribution is 2.33. The van der Waals surface area contributed by atoms with E-state index in [0.717, 1.165) is 0 Å². The number of alkyl halides is 6. The SMILES string of the molecule is COc1ccc2c(c1)C(c1ccccc1)=NC(NC(=O)[C@H](CCC(F)(F)F)[C@H](CCC(F)(F)F)C(N)=O)C(=O)N2. The molecule has 216 valence electrons. The lowest BCUT2D eigenvalue weighted by molar-refractivity contribution is -0.152. The molecule has 1 aliphatic heterocycles. The summed E-state index contributed by atoms with van der Waals surface area (Å²) in [4.78, 5) is 42.7. The molecule has 0 aromatic heterocycles. The van der Waals surface area contributed by atoms with Crippen LogP contribution in [0.3, 0.4) is 0 Å². The molecule has 1 unspecified atom stereocenters. The Balaban J connectivity index is 2.00. The number of nitrogens with two attached hydrogens (primary N) is 1. The maximum absolute atomic E-state index is 13.2. The Labute approximate surface area is 225 Å². The molecule has 3 atom stereocenters. The Kier molecular flexibility index (Phi) is 9.43. The third-order valence-corrected chi connectivity index (χ3v) is 6.24. The quantitative estimate of drug-likeness (QED) is 0.367. The molecule has 0 saturated heterocycles. The molecule has 0 saturated carbocycles. The number of nitrogens with one attached hydrogen (secondary N) is 2. The van der Waals surface area contributed by atoms with E-state index in [1.54, 1.807) is 42.5 Å². The second kappa shape index (κ2) is 12.4. The molecule has 0 spiro atoms. The summed E-state index contributed by atoms with van der Waals surface area (Å²) in [5.41, 5.74) is 6.66. The van der Waals surface area contributed by atoms with Crippen LogP contribution in [0, 0.1) is 11.8 Å². The first kappa shape index (κ1) is 30.4. The molecule has 3 amide bonds. The van der Waals surface area contributed by atoms with Gasteiger partial charge in [-0.3, -0.25) is 14.4 Å². The van der Waals surface area contributed by atoms with Crippen molar-refractivity contribution in [1.29, 1.82) is 0 Å². The van der Waals surface area contributed by atoms with Crippen LogP contribution in [0.4, 0.5) is 32.0 Å². The number of nitrogens with zero attached hydrogens (tertiary/aromatic N) is 1. The van der Waals surface area contributed by atoms with Gasteiger partial charge in [-0.1, -0.05) is 30.3 Å². The molecule has 0 fully saturated rings. The van der Waals surface area contributed by atoms with Gasteiger partial charge < -0.3 is 21.1 Å². The van der Waals surface area contributed by atoms with Gasteiger partial charge in [0.05, 0.1) is 18.5 Å². The maximum atomic E-state index is 13.2. The van der Waals surface area contributed by atoms with Crippen LogP contribution in [-0.4, -0.2) is 49.1 Å². The van der Waals surface area contributed by atoms with Crippen LogP contribution in [0.25, 0.3) is 0 Å². The minimum absolute atomic E-state index is 0.216. The third kappa shape index (κ3) is 8.20. The predicted molar refractivity (Wildman–Crippen MR) is 132 cm³/mol. The Bertz CT molecular complexity index is 1260. The van der Waals surface area contributed by atoms with Gasteiger partial charge in [0.2, 0.25) is 18.0 Å². The number of rotatable bonds is 10. The van der Waals surface area contributed by atoms with E-state index in [1.165, 1.54) is 13.2 Å². The number of primary amides is 1. The molecule has 0 bridgehead atoms. The fourth-order valence-electron chi connectivity index (χ4n) is 4.27. The smallest absolute Gasteiger partial charge is 0.389 e. The van der Waals surface area contributed by atoms with Gasteiger partial charge in [-0.05, 0) is 31.0 Å². The summed E-state index contributed by atoms with van der Waals surface area (Å²) in [6.07, 6.45) is -16.4. The van der Waals surface area contributed by atoms with Gasteiger partial charge in [-0.15, -0.1) is 0 Å². The molecular weight excluding hydrogens is 546 g/mol. The van der Waals surface area contributed by atoms with E-state index >= 15 is 0 Å². The lowest BCUT2D eigenvalue weighted by Gasteiger charge is -2.26. The summed E-state index contributed by atoms with van der Waals surface area (Å²) in [5, 5.41) is 4.79. The molecule has 40 heavy (non-hydrogen) atoms. The first-order valence-electron chi connectivity index (χ1n) is 12.0. The second-order valence-electron chi connectivity index (χ2n) is 9.08. The molecule has 3 rings (SSSR count). The lowest BCUT2D eigenvalue weighted by atomic mass is 9.83. The molecule has 4 N–H and O–H groups in total. The number of benzodiazepines with no additional fused rings is 1. The van der Waals surface area contributed by atoms with Gasteiger partial charge >= 0.3 is 12.4 Å². The second-order valence-corrected chi connectivity index (χ2v) is 9.08. The van der Waals surface area contributed by atoms with Crippen molar-refractivity contribution in [3.8, 4) is 5.75 Å². The van der Waals surface area contributed by atoms with Crippen molar-refractivity contribution in [2.45, 2.75) is 44.2 Å². The molecule has 2 aromatic carbocycles. The van der Waals surface area contributed by atoms with Crippen molar-refractivity contribution in [3.05, 3.63) is 59.7 Å². The summed E-state index contributed by atoms with van der Waals surface area (Å²) in [6.45, 7) is 0. The van der Waals surface area contributed by atoms with Gasteiger partial charge in [0.25, 0.3) is 5.91 Å².